The molecule has 1 rings (SSSR count). The molecule has 0 aliphatic rings. The summed E-state index contributed by atoms with van der Waals surface area (Å²) in [6.07, 6.45) is -0.725. The predicted octanol–water partition coefficient (Wildman–Crippen LogP) is 2.21. The van der Waals surface area contributed by atoms with E-state index in [0.717, 1.165) is 5.56 Å². The van der Waals surface area contributed by atoms with Gasteiger partial charge in [-0.25, -0.2) is 4.79 Å². The van der Waals surface area contributed by atoms with Crippen LogP contribution in [0.1, 0.15) is 26.3 Å². The summed E-state index contributed by atoms with van der Waals surface area (Å²) in [5, 5.41) is 13.0. The van der Waals surface area contributed by atoms with Crippen molar-refractivity contribution in [3.63, 3.8) is 0 Å². The fourth-order valence-corrected chi connectivity index (χ4v) is 1.42. The molecule has 6 heteroatoms. The van der Waals surface area contributed by atoms with Gasteiger partial charge in [0.2, 0.25) is 6.54 Å². The largest absolute Gasteiger partial charge is 0.444 e. The van der Waals surface area contributed by atoms with Crippen molar-refractivity contribution in [3.05, 3.63) is 46.0 Å². The van der Waals surface area contributed by atoms with E-state index in [4.69, 9.17) is 4.74 Å². The van der Waals surface area contributed by atoms with Gasteiger partial charge < -0.3 is 10.1 Å². The minimum absolute atomic E-state index is 0.487. The monoisotopic (exact) mass is 290 g/mol. The van der Waals surface area contributed by atoms with E-state index in [1.54, 1.807) is 32.9 Å². The minimum Gasteiger partial charge on any atom is -0.444 e. The number of carbonyl (C=O) groups is 1. The van der Waals surface area contributed by atoms with E-state index < -0.39 is 29.2 Å². The molecule has 0 fully saturated rings. The van der Waals surface area contributed by atoms with E-state index in [9.17, 15) is 14.9 Å². The van der Waals surface area contributed by atoms with Gasteiger partial charge in [-0.1, -0.05) is 30.0 Å². The van der Waals surface area contributed by atoms with Crippen LogP contribution in [0, 0.1) is 22.0 Å². The molecule has 1 unspecified atom stereocenters. The topological polar surface area (TPSA) is 81.5 Å². The van der Waals surface area contributed by atoms with Gasteiger partial charge in [0.15, 0.2) is 6.04 Å². The van der Waals surface area contributed by atoms with Crippen LogP contribution < -0.4 is 5.32 Å². The number of hydrogen-bond acceptors (Lipinski definition) is 4. The molecule has 0 spiro atoms. The quantitative estimate of drug-likeness (QED) is 0.525. The lowest BCUT2D eigenvalue weighted by Gasteiger charge is -2.20. The van der Waals surface area contributed by atoms with E-state index >= 15 is 0 Å². The highest BCUT2D eigenvalue weighted by Gasteiger charge is 2.21. The number of nitrogens with zero attached hydrogens (tertiary/aromatic N) is 1. The van der Waals surface area contributed by atoms with Crippen molar-refractivity contribution in [2.75, 3.05) is 6.54 Å². The average Bonchev–Trinajstić information content (AvgIpc) is 2.34. The lowest BCUT2D eigenvalue weighted by atomic mass is 10.2. The molecule has 1 N–H and O–H groups in total. The Bertz CT molecular complexity index is 553. The van der Waals surface area contributed by atoms with Crippen LogP contribution in [0.3, 0.4) is 0 Å². The number of nitrogens with one attached hydrogen (secondary N) is 1. The van der Waals surface area contributed by atoms with Crippen molar-refractivity contribution in [1.29, 1.82) is 0 Å². The van der Waals surface area contributed by atoms with Crippen LogP contribution in [-0.2, 0) is 4.74 Å². The van der Waals surface area contributed by atoms with Crippen LogP contribution in [-0.4, -0.2) is 29.2 Å². The molecule has 21 heavy (non-hydrogen) atoms. The second-order valence-corrected chi connectivity index (χ2v) is 5.35. The first-order chi connectivity index (χ1) is 9.76. The molecule has 0 aliphatic heterocycles. The molecule has 1 aromatic carbocycles. The molecule has 0 aliphatic carbocycles. The lowest BCUT2D eigenvalue weighted by Crippen LogP contribution is -2.41. The normalized spacial score (nSPS) is 11.8. The number of nitro groups is 1. The van der Waals surface area contributed by atoms with Crippen molar-refractivity contribution < 1.29 is 14.5 Å². The third-order valence-electron chi connectivity index (χ3n) is 2.19. The predicted molar refractivity (Wildman–Crippen MR) is 78.3 cm³/mol. The van der Waals surface area contributed by atoms with Gasteiger partial charge in [0.25, 0.3) is 0 Å². The SMILES string of the molecule is CC(C)(C)OC(=O)NC(C#Cc1ccccc1)C[N+](=O)[O-]. The van der Waals surface area contributed by atoms with Crippen LogP contribution in [0.2, 0.25) is 0 Å². The van der Waals surface area contributed by atoms with Gasteiger partial charge in [-0.15, -0.1) is 0 Å². The summed E-state index contributed by atoms with van der Waals surface area (Å²) in [6, 6.07) is 8.13. The Morgan fingerprint density at radius 3 is 2.52 bits per heavy atom. The van der Waals surface area contributed by atoms with Crippen molar-refractivity contribution in [2.45, 2.75) is 32.4 Å². The van der Waals surface area contributed by atoms with E-state index in [1.165, 1.54) is 0 Å². The van der Waals surface area contributed by atoms with Crippen molar-refractivity contribution >= 4 is 6.09 Å². The zero-order valence-corrected chi connectivity index (χ0v) is 12.3. The van der Waals surface area contributed by atoms with Gasteiger partial charge in [-0.2, -0.15) is 0 Å². The smallest absolute Gasteiger partial charge is 0.408 e. The summed E-state index contributed by atoms with van der Waals surface area (Å²) in [5.74, 6) is 5.47. The maximum Gasteiger partial charge on any atom is 0.408 e. The molecule has 0 saturated carbocycles. The van der Waals surface area contributed by atoms with Crippen LogP contribution >= 0.6 is 0 Å². The van der Waals surface area contributed by atoms with E-state index in [1.807, 2.05) is 18.2 Å². The third kappa shape index (κ3) is 7.57. The van der Waals surface area contributed by atoms with Gasteiger partial charge in [-0.3, -0.25) is 10.1 Å². The molecule has 1 atom stereocenters. The first kappa shape index (κ1) is 16.5. The summed E-state index contributed by atoms with van der Waals surface area (Å²) >= 11 is 0. The van der Waals surface area contributed by atoms with Gasteiger partial charge in [0, 0.05) is 10.5 Å². The number of hydrogen-bond donors (Lipinski definition) is 1. The van der Waals surface area contributed by atoms with E-state index in [0.29, 0.717) is 0 Å². The minimum atomic E-state index is -0.907. The second kappa shape index (κ2) is 7.29. The fraction of sp³-hybridized carbons (Fsp3) is 0.400. The van der Waals surface area contributed by atoms with Gasteiger partial charge >= 0.3 is 6.09 Å². The summed E-state index contributed by atoms with van der Waals surface area (Å²) in [5.41, 5.74) is 0.0488. The Hall–Kier alpha value is -2.55. The number of ether oxygens (including phenoxy) is 1. The molecule has 0 aromatic heterocycles. The molecular weight excluding hydrogens is 272 g/mol. The Labute approximate surface area is 123 Å². The maximum atomic E-state index is 11.6. The molecular formula is C15H18N2O4. The number of carbonyl (C=O) groups excluding carboxylic acids is 1. The fourth-order valence-electron chi connectivity index (χ4n) is 1.42. The number of rotatable bonds is 3. The molecule has 0 saturated heterocycles. The van der Waals surface area contributed by atoms with E-state index in [2.05, 4.69) is 17.2 Å². The molecule has 112 valence electrons. The number of alkyl carbamates (subject to hydrolysis) is 1. The maximum absolute atomic E-state index is 11.6. The molecule has 1 amide bonds. The van der Waals surface area contributed by atoms with Crippen molar-refractivity contribution in [1.82, 2.24) is 5.32 Å². The molecule has 6 nitrogen and oxygen atoms in total. The molecule has 0 radical (unpaired) electrons. The van der Waals surface area contributed by atoms with Crippen molar-refractivity contribution in [2.24, 2.45) is 0 Å². The van der Waals surface area contributed by atoms with Crippen molar-refractivity contribution in [3.8, 4) is 11.8 Å². The standard InChI is InChI=1S/C15H18N2O4/c1-15(2,3)21-14(18)16-13(11-17(19)20)10-9-12-7-5-4-6-8-12/h4-8,13H,11H2,1-3H3,(H,16,18). The number of amides is 1. The van der Waals surface area contributed by atoms with Gasteiger partial charge in [0.05, 0.1) is 0 Å². The first-order valence-electron chi connectivity index (χ1n) is 6.44. The summed E-state index contributed by atoms with van der Waals surface area (Å²) < 4.78 is 5.06. The van der Waals surface area contributed by atoms with Crippen LogP contribution in [0.5, 0.6) is 0 Å². The zero-order chi connectivity index (χ0) is 15.9. The lowest BCUT2D eigenvalue weighted by molar-refractivity contribution is -0.481. The first-order valence-corrected chi connectivity index (χ1v) is 6.44. The summed E-state index contributed by atoms with van der Waals surface area (Å²) in [7, 11) is 0. The highest BCUT2D eigenvalue weighted by atomic mass is 16.6. The molecule has 0 bridgehead atoms. The Morgan fingerprint density at radius 1 is 1.38 bits per heavy atom. The number of benzene rings is 1. The highest BCUT2D eigenvalue weighted by Crippen LogP contribution is 2.06. The Kier molecular flexibility index (Phi) is 5.73. The molecule has 0 heterocycles. The average molecular weight is 290 g/mol. The van der Waals surface area contributed by atoms with Crippen LogP contribution in [0.4, 0.5) is 4.79 Å². The highest BCUT2D eigenvalue weighted by molar-refractivity contribution is 5.68. The van der Waals surface area contributed by atoms with Gasteiger partial charge in [0.1, 0.15) is 5.60 Å². The molecule has 1 aromatic rings. The Morgan fingerprint density at radius 2 is 2.00 bits per heavy atom. The van der Waals surface area contributed by atoms with Crippen LogP contribution in [0.25, 0.3) is 0 Å². The Balaban J connectivity index is 2.75. The van der Waals surface area contributed by atoms with Crippen LogP contribution in [0.15, 0.2) is 30.3 Å². The van der Waals surface area contributed by atoms with E-state index in [-0.39, 0.29) is 0 Å². The van der Waals surface area contributed by atoms with Gasteiger partial charge in [-0.05, 0) is 32.9 Å². The summed E-state index contributed by atoms with van der Waals surface area (Å²) in [4.78, 5) is 21.7. The zero-order valence-electron chi connectivity index (χ0n) is 12.3. The second-order valence-electron chi connectivity index (χ2n) is 5.35. The summed E-state index contributed by atoms with van der Waals surface area (Å²) in [6.45, 7) is 4.65. The third-order valence-corrected chi connectivity index (χ3v) is 2.19.